The molecular weight excluding hydrogens is 414 g/mol. The Labute approximate surface area is 191 Å². The Morgan fingerprint density at radius 2 is 1.74 bits per heavy atom. The molecule has 174 valence electrons. The Bertz CT molecular complexity index is 781. The molecule has 0 saturated carbocycles. The first-order valence-electron chi connectivity index (χ1n) is 10.4. The molecule has 2 rings (SSSR count). The number of amidine groups is 1. The molecule has 1 aliphatic rings. The number of rotatable bonds is 8. The Hall–Kier alpha value is -1.62. The van der Waals surface area contributed by atoms with Crippen LogP contribution in [-0.4, -0.2) is 55.0 Å². The second-order valence-electron chi connectivity index (χ2n) is 9.38. The number of hydrogen-bond donors (Lipinski definition) is 2. The summed E-state index contributed by atoms with van der Waals surface area (Å²) >= 11 is 5.25. The maximum Gasteiger partial charge on any atom is 0.315 e. The van der Waals surface area contributed by atoms with Crippen LogP contribution in [0.5, 0.6) is 5.75 Å². The monoisotopic (exact) mass is 451 g/mol. The van der Waals surface area contributed by atoms with Crippen molar-refractivity contribution < 1.29 is 14.2 Å². The summed E-state index contributed by atoms with van der Waals surface area (Å²) in [4.78, 5) is 4.64. The molecule has 1 heterocycles. The van der Waals surface area contributed by atoms with Crippen LogP contribution in [0, 0.1) is 0 Å². The molecule has 8 nitrogen and oxygen atoms in total. The van der Waals surface area contributed by atoms with Crippen LogP contribution in [0.3, 0.4) is 0 Å². The zero-order chi connectivity index (χ0) is 23.6. The number of hydrazine groups is 2. The van der Waals surface area contributed by atoms with Gasteiger partial charge in [-0.05, 0) is 29.9 Å². The van der Waals surface area contributed by atoms with Crippen LogP contribution in [0.4, 0.5) is 0 Å². The van der Waals surface area contributed by atoms with E-state index in [1.807, 2.05) is 6.92 Å². The first kappa shape index (κ1) is 25.6. The normalized spacial score (nSPS) is 18.8. The Balaban J connectivity index is 2.74. The molecule has 3 N–H and O–H groups in total. The third-order valence-electron chi connectivity index (χ3n) is 4.96. The molecule has 2 unspecified atom stereocenters. The van der Waals surface area contributed by atoms with E-state index in [-0.39, 0.29) is 10.8 Å². The molecule has 0 bridgehead atoms. The van der Waals surface area contributed by atoms with Crippen molar-refractivity contribution in [3.05, 3.63) is 28.8 Å². The highest BCUT2D eigenvalue weighted by molar-refractivity contribution is 7.78. The average molecular weight is 452 g/mol. The molecule has 0 aromatic heterocycles. The van der Waals surface area contributed by atoms with E-state index < -0.39 is 12.8 Å². The summed E-state index contributed by atoms with van der Waals surface area (Å²) in [5.41, 5.74) is 13.2. The first-order chi connectivity index (χ1) is 14.4. The highest BCUT2D eigenvalue weighted by atomic mass is 32.1. The van der Waals surface area contributed by atoms with Crippen molar-refractivity contribution in [3.8, 4) is 5.75 Å². The number of hydrogen-bond acceptors (Lipinski definition) is 8. The van der Waals surface area contributed by atoms with Crippen LogP contribution in [0.1, 0.15) is 65.2 Å². The van der Waals surface area contributed by atoms with Crippen LogP contribution in [0.25, 0.3) is 0 Å². The summed E-state index contributed by atoms with van der Waals surface area (Å²) in [5, 5.41) is 3.42. The van der Waals surface area contributed by atoms with Gasteiger partial charge < -0.3 is 14.2 Å². The Morgan fingerprint density at radius 3 is 2.13 bits per heavy atom. The Morgan fingerprint density at radius 1 is 1.19 bits per heavy atom. The second kappa shape index (κ2) is 9.89. The van der Waals surface area contributed by atoms with Gasteiger partial charge in [-0.2, -0.15) is 0 Å². The molecule has 0 fully saturated rings. The SMILES string of the molecule is CCOC(OC)Oc1c(C(C)(C)C)cc(C2=NC(N)N(NC)N2C=S)cc1C(C)(C)C. The van der Waals surface area contributed by atoms with Crippen LogP contribution in [-0.2, 0) is 20.3 Å². The third kappa shape index (κ3) is 5.60. The highest BCUT2D eigenvalue weighted by Gasteiger charge is 2.35. The van der Waals surface area contributed by atoms with Crippen molar-refractivity contribution in [2.24, 2.45) is 10.7 Å². The van der Waals surface area contributed by atoms with E-state index in [0.717, 1.165) is 22.4 Å². The molecule has 9 heteroatoms. The number of ether oxygens (including phenoxy) is 3. The van der Waals surface area contributed by atoms with Gasteiger partial charge in [-0.3, -0.25) is 5.73 Å². The van der Waals surface area contributed by atoms with E-state index in [9.17, 15) is 0 Å². The fourth-order valence-corrected chi connectivity index (χ4v) is 3.60. The van der Waals surface area contributed by atoms with Gasteiger partial charge in [0.15, 0.2) is 12.1 Å². The van der Waals surface area contributed by atoms with E-state index in [0.29, 0.717) is 12.4 Å². The van der Waals surface area contributed by atoms with Crippen molar-refractivity contribution in [2.45, 2.75) is 72.1 Å². The smallest absolute Gasteiger partial charge is 0.315 e. The van der Waals surface area contributed by atoms with Gasteiger partial charge in [0.2, 0.25) is 0 Å². The summed E-state index contributed by atoms with van der Waals surface area (Å²) < 4.78 is 17.3. The van der Waals surface area contributed by atoms with E-state index >= 15 is 0 Å². The molecule has 31 heavy (non-hydrogen) atoms. The predicted molar refractivity (Wildman–Crippen MR) is 128 cm³/mol. The minimum Gasteiger partial charge on any atom is -0.441 e. The van der Waals surface area contributed by atoms with E-state index in [2.05, 4.69) is 64.1 Å². The number of benzene rings is 1. The van der Waals surface area contributed by atoms with Gasteiger partial charge in [0.05, 0.1) is 12.1 Å². The quantitative estimate of drug-likeness (QED) is 0.460. The van der Waals surface area contributed by atoms with Crippen LogP contribution >= 0.6 is 12.2 Å². The number of methoxy groups -OCH3 is 1. The molecule has 0 aliphatic carbocycles. The lowest BCUT2D eigenvalue weighted by Crippen LogP contribution is -2.53. The van der Waals surface area contributed by atoms with E-state index in [4.69, 9.17) is 32.2 Å². The van der Waals surface area contributed by atoms with Crippen LogP contribution < -0.4 is 15.9 Å². The minimum absolute atomic E-state index is 0.220. The minimum atomic E-state index is -0.799. The highest BCUT2D eigenvalue weighted by Crippen LogP contribution is 2.42. The van der Waals surface area contributed by atoms with Crippen molar-refractivity contribution in [2.75, 3.05) is 20.8 Å². The summed E-state index contributed by atoms with van der Waals surface area (Å²) in [7, 11) is 3.35. The maximum absolute atomic E-state index is 6.28. The molecule has 0 spiro atoms. The second-order valence-corrected chi connectivity index (χ2v) is 9.59. The van der Waals surface area contributed by atoms with Crippen molar-refractivity contribution >= 4 is 23.5 Å². The van der Waals surface area contributed by atoms with Gasteiger partial charge in [-0.25, -0.2) is 15.4 Å². The first-order valence-corrected chi connectivity index (χ1v) is 10.9. The number of nitrogens with zero attached hydrogens (tertiary/aromatic N) is 3. The fraction of sp³-hybridized carbons (Fsp3) is 0.636. The zero-order valence-corrected chi connectivity index (χ0v) is 21.0. The molecule has 1 aromatic carbocycles. The molecule has 1 aliphatic heterocycles. The molecule has 0 amide bonds. The van der Waals surface area contributed by atoms with Gasteiger partial charge in [0.25, 0.3) is 0 Å². The lowest BCUT2D eigenvalue weighted by molar-refractivity contribution is -0.231. The molecular formula is C22H37N5O3S. The number of nitrogens with one attached hydrogen (secondary N) is 1. The molecule has 1 aromatic rings. The maximum atomic E-state index is 6.28. The van der Waals surface area contributed by atoms with Crippen LogP contribution in [0.2, 0.25) is 0 Å². The van der Waals surface area contributed by atoms with Gasteiger partial charge in [-0.1, -0.05) is 53.8 Å². The molecule has 0 saturated heterocycles. The van der Waals surface area contributed by atoms with Gasteiger partial charge in [0.1, 0.15) is 5.75 Å². The van der Waals surface area contributed by atoms with Crippen molar-refractivity contribution in [1.29, 1.82) is 0 Å². The van der Waals surface area contributed by atoms with E-state index in [1.165, 1.54) is 5.49 Å². The average Bonchev–Trinajstić information content (AvgIpc) is 3.01. The number of aliphatic imine (C=N–C) groups is 1. The Kier molecular flexibility index (Phi) is 8.18. The van der Waals surface area contributed by atoms with Gasteiger partial charge in [0, 0.05) is 30.8 Å². The lowest BCUT2D eigenvalue weighted by Gasteiger charge is -2.33. The summed E-state index contributed by atoms with van der Waals surface area (Å²) in [5.74, 6) is 1.43. The van der Waals surface area contributed by atoms with Crippen molar-refractivity contribution in [1.82, 2.24) is 15.6 Å². The van der Waals surface area contributed by atoms with Crippen LogP contribution in [0.15, 0.2) is 17.1 Å². The van der Waals surface area contributed by atoms with E-state index in [1.54, 1.807) is 24.3 Å². The molecule has 0 radical (unpaired) electrons. The predicted octanol–water partition coefficient (Wildman–Crippen LogP) is 3.24. The number of nitrogens with two attached hydrogens (primary N) is 1. The largest absolute Gasteiger partial charge is 0.441 e. The zero-order valence-electron chi connectivity index (χ0n) is 20.1. The fourth-order valence-electron chi connectivity index (χ4n) is 3.40. The van der Waals surface area contributed by atoms with Crippen molar-refractivity contribution in [3.63, 3.8) is 0 Å². The number of thiocarbonyl (C=S) groups is 1. The standard InChI is InChI=1S/C22H37N5O3S/c1-10-29-20(28-9)30-17-15(21(2,3)4)11-14(12-16(17)22(5,6)7)18-25-19(23)27(24-8)26(18)13-31/h11-13,19-20,24H,10,23H2,1-9H3. The lowest BCUT2D eigenvalue weighted by atomic mass is 9.78. The van der Waals surface area contributed by atoms with Gasteiger partial charge in [-0.15, -0.1) is 5.12 Å². The molecule has 2 atom stereocenters. The topological polar surface area (TPSA) is 84.6 Å². The van der Waals surface area contributed by atoms with Gasteiger partial charge >= 0.3 is 6.48 Å². The summed E-state index contributed by atoms with van der Waals surface area (Å²) in [6.45, 7) is 14.5. The summed E-state index contributed by atoms with van der Waals surface area (Å²) in [6.07, 6.45) is -0.581. The third-order valence-corrected chi connectivity index (χ3v) is 5.16. The summed E-state index contributed by atoms with van der Waals surface area (Å²) in [6, 6.07) is 4.17.